The van der Waals surface area contributed by atoms with Crippen LogP contribution in [0.3, 0.4) is 0 Å². The van der Waals surface area contributed by atoms with Crippen LogP contribution >= 0.6 is 15.9 Å². The summed E-state index contributed by atoms with van der Waals surface area (Å²) in [6.45, 7) is 2.47. The molecule has 2 aromatic carbocycles. The van der Waals surface area contributed by atoms with Crippen LogP contribution in [0.1, 0.15) is 18.1 Å². The Morgan fingerprint density at radius 2 is 2.00 bits per heavy atom. The van der Waals surface area contributed by atoms with Gasteiger partial charge in [0.1, 0.15) is 0 Å². The summed E-state index contributed by atoms with van der Waals surface area (Å²) in [5, 5.41) is 2.87. The molecule has 0 atom stereocenters. The third-order valence-electron chi connectivity index (χ3n) is 3.59. The number of methoxy groups -OCH3 is 1. The summed E-state index contributed by atoms with van der Waals surface area (Å²) in [4.78, 5) is 12.2. The number of hydrogen-bond donors (Lipinski definition) is 1. The van der Waals surface area contributed by atoms with E-state index in [-0.39, 0.29) is 5.91 Å². The third kappa shape index (κ3) is 2.97. The van der Waals surface area contributed by atoms with E-state index in [0.717, 1.165) is 21.3 Å². The van der Waals surface area contributed by atoms with Crippen molar-refractivity contribution in [3.05, 3.63) is 52.0 Å². The molecule has 0 fully saturated rings. The summed E-state index contributed by atoms with van der Waals surface area (Å²) in [7, 11) is 1.60. The molecule has 0 unspecified atom stereocenters. The van der Waals surface area contributed by atoms with Gasteiger partial charge in [0, 0.05) is 21.3 Å². The number of fused-ring (bicyclic) bond motifs is 1. The van der Waals surface area contributed by atoms with E-state index in [4.69, 9.17) is 9.47 Å². The van der Waals surface area contributed by atoms with Crippen molar-refractivity contribution in [2.75, 3.05) is 19.0 Å². The molecule has 4 nitrogen and oxygen atoms in total. The highest BCUT2D eigenvalue weighted by Crippen LogP contribution is 2.38. The van der Waals surface area contributed by atoms with Crippen molar-refractivity contribution in [1.29, 1.82) is 0 Å². The smallest absolute Gasteiger partial charge is 0.256 e. The van der Waals surface area contributed by atoms with Crippen LogP contribution in [0.5, 0.6) is 11.5 Å². The number of para-hydroxylation sites is 1. The van der Waals surface area contributed by atoms with E-state index >= 15 is 0 Å². The lowest BCUT2D eigenvalue weighted by molar-refractivity contribution is -0.110. The standard InChI is InChI=1S/C18H16BrNO3/c1-3-23-17-10-14(19)11(9-16(17)22-2)8-13-12-6-4-5-7-15(12)20-18(13)21/h4-10H,3H2,1-2H3,(H,20,21)/b13-8+. The average molecular weight is 374 g/mol. The molecule has 0 bridgehead atoms. The molecule has 5 heteroatoms. The molecule has 0 spiro atoms. The highest BCUT2D eigenvalue weighted by atomic mass is 79.9. The van der Waals surface area contributed by atoms with Crippen molar-refractivity contribution in [3.8, 4) is 11.5 Å². The molecule has 1 heterocycles. The van der Waals surface area contributed by atoms with Crippen LogP contribution in [0.25, 0.3) is 11.6 Å². The highest BCUT2D eigenvalue weighted by Gasteiger charge is 2.23. The van der Waals surface area contributed by atoms with Gasteiger partial charge in [0.2, 0.25) is 0 Å². The Kier molecular flexibility index (Phi) is 4.39. The number of anilines is 1. The molecular weight excluding hydrogens is 358 g/mol. The van der Waals surface area contributed by atoms with Gasteiger partial charge in [-0.2, -0.15) is 0 Å². The first-order chi connectivity index (χ1) is 11.1. The normalized spacial score (nSPS) is 14.6. The Morgan fingerprint density at radius 3 is 2.74 bits per heavy atom. The fourth-order valence-corrected chi connectivity index (χ4v) is 2.96. The Balaban J connectivity index is 2.08. The van der Waals surface area contributed by atoms with E-state index in [0.29, 0.717) is 23.7 Å². The molecule has 0 radical (unpaired) electrons. The summed E-state index contributed by atoms with van der Waals surface area (Å²) in [6.07, 6.45) is 1.85. The van der Waals surface area contributed by atoms with Crippen LogP contribution in [-0.4, -0.2) is 19.6 Å². The van der Waals surface area contributed by atoms with E-state index in [2.05, 4.69) is 21.2 Å². The van der Waals surface area contributed by atoms with E-state index in [9.17, 15) is 4.79 Å². The third-order valence-corrected chi connectivity index (χ3v) is 4.28. The summed E-state index contributed by atoms with van der Waals surface area (Å²) in [5.41, 5.74) is 3.22. The van der Waals surface area contributed by atoms with E-state index in [1.165, 1.54) is 0 Å². The minimum atomic E-state index is -0.106. The number of carbonyl (C=O) groups excluding carboxylic acids is 1. The monoisotopic (exact) mass is 373 g/mol. The molecule has 1 aliphatic heterocycles. The summed E-state index contributed by atoms with van der Waals surface area (Å²) < 4.78 is 11.8. The van der Waals surface area contributed by atoms with Gasteiger partial charge in [-0.1, -0.05) is 34.1 Å². The molecule has 0 aromatic heterocycles. The van der Waals surface area contributed by atoms with Crippen LogP contribution in [0.15, 0.2) is 40.9 Å². The number of ether oxygens (including phenoxy) is 2. The number of carbonyl (C=O) groups is 1. The second-order valence-electron chi connectivity index (χ2n) is 5.02. The molecule has 1 N–H and O–H groups in total. The predicted octanol–water partition coefficient (Wildman–Crippen LogP) is 4.35. The molecule has 23 heavy (non-hydrogen) atoms. The lowest BCUT2D eigenvalue weighted by atomic mass is 10.0. The van der Waals surface area contributed by atoms with Gasteiger partial charge in [0.05, 0.1) is 13.7 Å². The van der Waals surface area contributed by atoms with E-state index < -0.39 is 0 Å². The fourth-order valence-electron chi connectivity index (χ4n) is 2.53. The van der Waals surface area contributed by atoms with Gasteiger partial charge >= 0.3 is 0 Å². The molecular formula is C18H16BrNO3. The number of nitrogens with one attached hydrogen (secondary N) is 1. The summed E-state index contributed by atoms with van der Waals surface area (Å²) >= 11 is 3.54. The Bertz CT molecular complexity index is 799. The van der Waals surface area contributed by atoms with Crippen LogP contribution in [0.4, 0.5) is 5.69 Å². The van der Waals surface area contributed by atoms with Gasteiger partial charge in [0.25, 0.3) is 5.91 Å². The molecule has 1 aliphatic rings. The predicted molar refractivity (Wildman–Crippen MR) is 94.8 cm³/mol. The van der Waals surface area contributed by atoms with Crippen molar-refractivity contribution in [2.24, 2.45) is 0 Å². The van der Waals surface area contributed by atoms with Gasteiger partial charge in [0.15, 0.2) is 11.5 Å². The zero-order valence-corrected chi connectivity index (χ0v) is 14.4. The highest BCUT2D eigenvalue weighted by molar-refractivity contribution is 9.10. The molecule has 0 saturated heterocycles. The van der Waals surface area contributed by atoms with Gasteiger partial charge < -0.3 is 14.8 Å². The lowest BCUT2D eigenvalue weighted by Gasteiger charge is -2.11. The maximum atomic E-state index is 12.2. The second-order valence-corrected chi connectivity index (χ2v) is 5.87. The SMILES string of the molecule is CCOc1cc(Br)c(/C=C2/C(=O)Nc3ccccc32)cc1OC. The van der Waals surface area contributed by atoms with Crippen molar-refractivity contribution in [2.45, 2.75) is 6.92 Å². The van der Waals surface area contributed by atoms with Gasteiger partial charge in [-0.25, -0.2) is 0 Å². The molecule has 3 rings (SSSR count). The Labute approximate surface area is 143 Å². The maximum Gasteiger partial charge on any atom is 0.256 e. The van der Waals surface area contributed by atoms with Crippen molar-refractivity contribution < 1.29 is 14.3 Å². The topological polar surface area (TPSA) is 47.6 Å². The number of halogens is 1. The maximum absolute atomic E-state index is 12.2. The Morgan fingerprint density at radius 1 is 1.22 bits per heavy atom. The zero-order valence-electron chi connectivity index (χ0n) is 12.9. The molecule has 1 amide bonds. The molecule has 0 saturated carbocycles. The molecule has 0 aliphatic carbocycles. The van der Waals surface area contributed by atoms with Crippen molar-refractivity contribution >= 4 is 39.2 Å². The fraction of sp³-hybridized carbons (Fsp3) is 0.167. The number of amides is 1. The number of benzene rings is 2. The van der Waals surface area contributed by atoms with Crippen molar-refractivity contribution in [3.63, 3.8) is 0 Å². The summed E-state index contributed by atoms with van der Waals surface area (Å²) in [6, 6.07) is 11.4. The van der Waals surface area contributed by atoms with E-state index in [1.54, 1.807) is 7.11 Å². The van der Waals surface area contributed by atoms with Crippen molar-refractivity contribution in [1.82, 2.24) is 0 Å². The average Bonchev–Trinajstić information content (AvgIpc) is 2.86. The van der Waals surface area contributed by atoms with Gasteiger partial charge in [-0.05, 0) is 36.8 Å². The number of rotatable bonds is 4. The van der Waals surface area contributed by atoms with Crippen LogP contribution < -0.4 is 14.8 Å². The largest absolute Gasteiger partial charge is 0.493 e. The van der Waals surface area contributed by atoms with Gasteiger partial charge in [-0.15, -0.1) is 0 Å². The molecule has 2 aromatic rings. The minimum absolute atomic E-state index is 0.106. The number of hydrogen-bond acceptors (Lipinski definition) is 3. The van der Waals surface area contributed by atoms with E-state index in [1.807, 2.05) is 49.4 Å². The first-order valence-corrected chi connectivity index (χ1v) is 8.06. The zero-order chi connectivity index (χ0) is 16.4. The first kappa shape index (κ1) is 15.6. The second kappa shape index (κ2) is 6.46. The van der Waals surface area contributed by atoms with Crippen LogP contribution in [0.2, 0.25) is 0 Å². The van der Waals surface area contributed by atoms with Crippen LogP contribution in [0, 0.1) is 0 Å². The minimum Gasteiger partial charge on any atom is -0.493 e. The van der Waals surface area contributed by atoms with Crippen LogP contribution in [-0.2, 0) is 4.79 Å². The quantitative estimate of drug-likeness (QED) is 0.810. The summed E-state index contributed by atoms with van der Waals surface area (Å²) in [5.74, 6) is 1.19. The lowest BCUT2D eigenvalue weighted by Crippen LogP contribution is -2.03. The Hall–Kier alpha value is -2.27. The first-order valence-electron chi connectivity index (χ1n) is 7.26. The molecule has 118 valence electrons. The van der Waals surface area contributed by atoms with Gasteiger partial charge in [-0.3, -0.25) is 4.79 Å².